The van der Waals surface area contributed by atoms with Gasteiger partial charge in [0.15, 0.2) is 0 Å². The van der Waals surface area contributed by atoms with E-state index in [1.54, 1.807) is 6.07 Å². The van der Waals surface area contributed by atoms with E-state index in [0.717, 1.165) is 24.7 Å². The molecule has 0 heterocycles. The van der Waals surface area contributed by atoms with E-state index in [9.17, 15) is 14.9 Å². The second-order valence-corrected chi connectivity index (χ2v) is 5.59. The van der Waals surface area contributed by atoms with Gasteiger partial charge in [-0.2, -0.15) is 0 Å². The SMILES string of the molecule is O=C[C@H](Cc1cccc(Cl)c1)[C@@H](C[N+](=O)[O-])C1CC1. The molecule has 1 fully saturated rings. The summed E-state index contributed by atoms with van der Waals surface area (Å²) in [5, 5.41) is 11.4. The summed E-state index contributed by atoms with van der Waals surface area (Å²) in [4.78, 5) is 21.7. The van der Waals surface area contributed by atoms with Crippen molar-refractivity contribution >= 4 is 17.9 Å². The predicted molar refractivity (Wildman–Crippen MR) is 72.8 cm³/mol. The van der Waals surface area contributed by atoms with Crippen LogP contribution in [0.3, 0.4) is 0 Å². The van der Waals surface area contributed by atoms with Crippen molar-refractivity contribution in [1.82, 2.24) is 0 Å². The van der Waals surface area contributed by atoms with Gasteiger partial charge in [0, 0.05) is 21.8 Å². The number of nitro groups is 1. The van der Waals surface area contributed by atoms with E-state index >= 15 is 0 Å². The lowest BCUT2D eigenvalue weighted by Crippen LogP contribution is -2.27. The van der Waals surface area contributed by atoms with Crippen LogP contribution in [0.5, 0.6) is 0 Å². The highest BCUT2D eigenvalue weighted by molar-refractivity contribution is 6.30. The molecule has 0 saturated heterocycles. The molecule has 1 aromatic carbocycles. The summed E-state index contributed by atoms with van der Waals surface area (Å²) in [6.07, 6.45) is 3.39. The standard InChI is InChI=1S/C14H16ClNO3/c15-13-3-1-2-10(7-13)6-12(9-17)14(8-16(18)19)11-4-5-11/h1-3,7,9,11-12,14H,4-6,8H2/t12-,14-/m0/s1. The molecule has 0 spiro atoms. The first-order valence-electron chi connectivity index (χ1n) is 6.41. The zero-order valence-corrected chi connectivity index (χ0v) is 11.3. The van der Waals surface area contributed by atoms with Crippen molar-refractivity contribution in [3.05, 3.63) is 45.0 Å². The molecule has 0 radical (unpaired) electrons. The van der Waals surface area contributed by atoms with Crippen molar-refractivity contribution in [3.8, 4) is 0 Å². The molecule has 5 heteroatoms. The van der Waals surface area contributed by atoms with Crippen molar-refractivity contribution in [2.75, 3.05) is 6.54 Å². The van der Waals surface area contributed by atoms with Crippen molar-refractivity contribution < 1.29 is 9.72 Å². The summed E-state index contributed by atoms with van der Waals surface area (Å²) >= 11 is 5.91. The highest BCUT2D eigenvalue weighted by atomic mass is 35.5. The number of hydrogen-bond acceptors (Lipinski definition) is 3. The first-order valence-corrected chi connectivity index (χ1v) is 6.79. The predicted octanol–water partition coefficient (Wildman–Crippen LogP) is 3.00. The van der Waals surface area contributed by atoms with Gasteiger partial charge in [-0.3, -0.25) is 10.1 Å². The zero-order valence-electron chi connectivity index (χ0n) is 10.5. The second-order valence-electron chi connectivity index (χ2n) is 5.15. The number of aldehydes is 1. The molecule has 1 saturated carbocycles. The Hall–Kier alpha value is -1.42. The lowest BCUT2D eigenvalue weighted by Gasteiger charge is -2.19. The molecule has 0 aromatic heterocycles. The molecule has 2 rings (SSSR count). The molecule has 1 aromatic rings. The van der Waals surface area contributed by atoms with E-state index in [1.807, 2.05) is 18.2 Å². The Bertz CT molecular complexity index is 474. The molecule has 0 amide bonds. The van der Waals surface area contributed by atoms with Crippen molar-refractivity contribution in [2.45, 2.75) is 19.3 Å². The van der Waals surface area contributed by atoms with Gasteiger partial charge < -0.3 is 4.79 Å². The molecule has 19 heavy (non-hydrogen) atoms. The monoisotopic (exact) mass is 281 g/mol. The Morgan fingerprint density at radius 3 is 2.74 bits per heavy atom. The Morgan fingerprint density at radius 2 is 2.21 bits per heavy atom. The first kappa shape index (κ1) is 14.0. The largest absolute Gasteiger partial charge is 0.303 e. The van der Waals surface area contributed by atoms with Gasteiger partial charge in [-0.25, -0.2) is 0 Å². The minimum Gasteiger partial charge on any atom is -0.303 e. The van der Waals surface area contributed by atoms with Crippen LogP contribution >= 0.6 is 11.6 Å². The fourth-order valence-electron chi connectivity index (χ4n) is 2.57. The van der Waals surface area contributed by atoms with Crippen LogP contribution in [0.4, 0.5) is 0 Å². The quantitative estimate of drug-likeness (QED) is 0.438. The number of rotatable bonds is 7. The maximum absolute atomic E-state index is 11.3. The molecule has 0 N–H and O–H groups in total. The van der Waals surface area contributed by atoms with E-state index in [1.165, 1.54) is 0 Å². The smallest absolute Gasteiger partial charge is 0.207 e. The zero-order chi connectivity index (χ0) is 13.8. The highest BCUT2D eigenvalue weighted by Gasteiger charge is 2.39. The fraction of sp³-hybridized carbons (Fsp3) is 0.500. The van der Waals surface area contributed by atoms with Crippen LogP contribution in [0.2, 0.25) is 5.02 Å². The van der Waals surface area contributed by atoms with Crippen LogP contribution in [0.1, 0.15) is 18.4 Å². The molecular weight excluding hydrogens is 266 g/mol. The van der Waals surface area contributed by atoms with Gasteiger partial charge in [-0.1, -0.05) is 23.7 Å². The van der Waals surface area contributed by atoms with E-state index in [4.69, 9.17) is 11.6 Å². The lowest BCUT2D eigenvalue weighted by molar-refractivity contribution is -0.490. The number of halogens is 1. The molecule has 1 aliphatic rings. The Labute approximate surface area is 116 Å². The van der Waals surface area contributed by atoms with Crippen LogP contribution in [0.15, 0.2) is 24.3 Å². The van der Waals surface area contributed by atoms with Gasteiger partial charge in [-0.05, 0) is 42.9 Å². The number of nitrogens with zero attached hydrogens (tertiary/aromatic N) is 1. The molecular formula is C14H16ClNO3. The molecule has 102 valence electrons. The summed E-state index contributed by atoms with van der Waals surface area (Å²) in [7, 11) is 0. The number of hydrogen-bond donors (Lipinski definition) is 0. The van der Waals surface area contributed by atoms with E-state index in [2.05, 4.69) is 0 Å². The van der Waals surface area contributed by atoms with Crippen molar-refractivity contribution in [3.63, 3.8) is 0 Å². The molecule has 0 unspecified atom stereocenters. The Balaban J connectivity index is 2.09. The number of benzene rings is 1. The first-order chi connectivity index (χ1) is 9.10. The second kappa shape index (κ2) is 6.15. The third-order valence-electron chi connectivity index (χ3n) is 3.67. The summed E-state index contributed by atoms with van der Waals surface area (Å²) in [5.74, 6) is -0.109. The third kappa shape index (κ3) is 4.03. The number of carbonyl (C=O) groups excluding carboxylic acids is 1. The third-order valence-corrected chi connectivity index (χ3v) is 3.91. The number of carbonyl (C=O) groups is 1. The maximum Gasteiger partial charge on any atom is 0.207 e. The van der Waals surface area contributed by atoms with Crippen LogP contribution in [0, 0.1) is 27.9 Å². The summed E-state index contributed by atoms with van der Waals surface area (Å²) < 4.78 is 0. The average Bonchev–Trinajstić information content (AvgIpc) is 3.17. The van der Waals surface area contributed by atoms with Gasteiger partial charge in [0.25, 0.3) is 0 Å². The molecule has 1 aliphatic carbocycles. The van der Waals surface area contributed by atoms with Gasteiger partial charge in [-0.15, -0.1) is 0 Å². The van der Waals surface area contributed by atoms with Gasteiger partial charge >= 0.3 is 0 Å². The van der Waals surface area contributed by atoms with Gasteiger partial charge in [0.05, 0.1) is 0 Å². The average molecular weight is 282 g/mol. The topological polar surface area (TPSA) is 60.2 Å². The van der Waals surface area contributed by atoms with Crippen molar-refractivity contribution in [2.24, 2.45) is 17.8 Å². The summed E-state index contributed by atoms with van der Waals surface area (Å²) in [6, 6.07) is 7.32. The van der Waals surface area contributed by atoms with E-state index in [0.29, 0.717) is 17.4 Å². The van der Waals surface area contributed by atoms with E-state index in [-0.39, 0.29) is 23.3 Å². The van der Waals surface area contributed by atoms with Crippen LogP contribution in [-0.2, 0) is 11.2 Å². The fourth-order valence-corrected chi connectivity index (χ4v) is 2.78. The molecule has 0 aliphatic heterocycles. The minimum atomic E-state index is -0.308. The Kier molecular flexibility index (Phi) is 4.53. The summed E-state index contributed by atoms with van der Waals surface area (Å²) in [5.41, 5.74) is 0.957. The highest BCUT2D eigenvalue weighted by Crippen LogP contribution is 2.41. The maximum atomic E-state index is 11.3. The van der Waals surface area contributed by atoms with Crippen LogP contribution < -0.4 is 0 Å². The lowest BCUT2D eigenvalue weighted by atomic mass is 9.84. The van der Waals surface area contributed by atoms with Crippen LogP contribution in [0.25, 0.3) is 0 Å². The van der Waals surface area contributed by atoms with Gasteiger partial charge in [0.2, 0.25) is 6.54 Å². The Morgan fingerprint density at radius 1 is 1.47 bits per heavy atom. The molecule has 4 nitrogen and oxygen atoms in total. The molecule has 0 bridgehead atoms. The van der Waals surface area contributed by atoms with Gasteiger partial charge in [0.1, 0.15) is 6.29 Å². The summed E-state index contributed by atoms with van der Waals surface area (Å²) in [6.45, 7) is -0.116. The normalized spacial score (nSPS) is 17.7. The van der Waals surface area contributed by atoms with Crippen molar-refractivity contribution in [1.29, 1.82) is 0 Å². The minimum absolute atomic E-state index is 0.116. The molecule has 2 atom stereocenters. The van der Waals surface area contributed by atoms with Crippen LogP contribution in [-0.4, -0.2) is 17.8 Å². The van der Waals surface area contributed by atoms with E-state index < -0.39 is 0 Å².